The average Bonchev–Trinajstić information content (AvgIpc) is 3.70. The topological polar surface area (TPSA) is 120 Å². The summed E-state index contributed by atoms with van der Waals surface area (Å²) in [6, 6.07) is 32.8. The monoisotopic (exact) mass is 590 g/mol. The highest BCUT2D eigenvalue weighted by Gasteiger charge is 2.35. The van der Waals surface area contributed by atoms with Gasteiger partial charge in [0.2, 0.25) is 5.03 Å². The third-order valence-corrected chi connectivity index (χ3v) is 8.48. The van der Waals surface area contributed by atoms with Crippen LogP contribution in [0.25, 0.3) is 0 Å². The highest BCUT2D eigenvalue weighted by Crippen LogP contribution is 2.37. The number of urea groups is 1. The fourth-order valence-corrected chi connectivity index (χ4v) is 6.22. The van der Waals surface area contributed by atoms with Crippen molar-refractivity contribution in [2.45, 2.75) is 30.6 Å². The summed E-state index contributed by atoms with van der Waals surface area (Å²) in [5, 5.41) is 19.9. The molecule has 9 nitrogen and oxygen atoms in total. The molecule has 2 aromatic heterocycles. The Hall–Kier alpha value is -4.90. The van der Waals surface area contributed by atoms with Crippen LogP contribution in [0.5, 0.6) is 5.75 Å². The number of hydrazone groups is 1. The van der Waals surface area contributed by atoms with Crippen LogP contribution in [0.2, 0.25) is 0 Å². The van der Waals surface area contributed by atoms with Gasteiger partial charge in [0.25, 0.3) is 0 Å². The number of benzene rings is 3. The lowest BCUT2D eigenvalue weighted by Gasteiger charge is -2.23. The molecule has 3 heterocycles. The van der Waals surface area contributed by atoms with Crippen LogP contribution in [0.15, 0.2) is 132 Å². The van der Waals surface area contributed by atoms with Crippen molar-refractivity contribution in [2.24, 2.45) is 5.10 Å². The van der Waals surface area contributed by atoms with Crippen LogP contribution in [0.3, 0.4) is 0 Å². The number of anilines is 1. The van der Waals surface area contributed by atoms with E-state index in [9.17, 15) is 14.5 Å². The summed E-state index contributed by atoms with van der Waals surface area (Å²) < 4.78 is 15.7. The molecule has 43 heavy (non-hydrogen) atoms. The number of pyridine rings is 1. The van der Waals surface area contributed by atoms with Crippen LogP contribution in [0, 0.1) is 0 Å². The predicted octanol–water partition coefficient (Wildman–Crippen LogP) is 6.22. The smallest absolute Gasteiger partial charge is 0.343 e. The van der Waals surface area contributed by atoms with E-state index in [1.807, 2.05) is 83.2 Å². The van der Waals surface area contributed by atoms with Gasteiger partial charge in [0.15, 0.2) is 0 Å². The molecule has 2 atom stereocenters. The lowest BCUT2D eigenvalue weighted by molar-refractivity contribution is 0.199. The maximum absolute atomic E-state index is 13.8. The van der Waals surface area contributed by atoms with Gasteiger partial charge in [0, 0.05) is 36.0 Å². The fraction of sp³-hybridized carbons (Fsp3) is 0.121. The minimum Gasteiger partial charge on any atom is -0.592 e. The van der Waals surface area contributed by atoms with E-state index < -0.39 is 23.4 Å². The molecule has 0 fully saturated rings. The van der Waals surface area contributed by atoms with Crippen LogP contribution in [-0.2, 0) is 24.5 Å². The number of amides is 2. The normalized spacial score (nSPS) is 15.3. The number of H-pyrrole nitrogens is 1. The number of phenolic OH excluding ortho intramolecular Hbond substituents is 1. The van der Waals surface area contributed by atoms with E-state index in [-0.39, 0.29) is 5.75 Å². The summed E-state index contributed by atoms with van der Waals surface area (Å²) in [7, 11) is 0. The molecule has 3 N–H and O–H groups in total. The summed E-state index contributed by atoms with van der Waals surface area (Å²) in [5.74, 6) is 0.469. The maximum atomic E-state index is 13.8. The first-order valence-corrected chi connectivity index (χ1v) is 15.0. The zero-order chi connectivity index (χ0) is 29.6. The third kappa shape index (κ3) is 6.62. The van der Waals surface area contributed by atoms with Crippen LogP contribution in [0.1, 0.15) is 34.7 Å². The largest absolute Gasteiger partial charge is 0.592 e. The van der Waals surface area contributed by atoms with Crippen molar-refractivity contribution in [1.82, 2.24) is 19.3 Å². The molecule has 216 valence electrons. The average molecular weight is 591 g/mol. The number of para-hydroxylation sites is 1. The van der Waals surface area contributed by atoms with E-state index in [0.717, 1.165) is 16.7 Å². The molecule has 3 aromatic carbocycles. The maximum Gasteiger partial charge on any atom is 0.343 e. The molecule has 1 aliphatic rings. The zero-order valence-corrected chi connectivity index (χ0v) is 24.0. The van der Waals surface area contributed by atoms with Crippen LogP contribution < -0.4 is 5.32 Å². The number of phenols is 1. The van der Waals surface area contributed by atoms with Gasteiger partial charge in [-0.2, -0.15) is 5.10 Å². The zero-order valence-electron chi connectivity index (χ0n) is 23.2. The SMILES string of the molecule is O=C(Nc1ccc([S+]([O-])N(Cc2ccccc2)Cc2ccccc2)[nH]1)N1N=C(c2cccnc2)CC1c1ccccc1O. The molecule has 1 aliphatic heterocycles. The van der Waals surface area contributed by atoms with Crippen LogP contribution in [0.4, 0.5) is 10.6 Å². The van der Waals surface area contributed by atoms with Gasteiger partial charge in [-0.15, -0.1) is 4.31 Å². The third-order valence-electron chi connectivity index (χ3n) is 7.14. The molecule has 0 saturated carbocycles. The highest BCUT2D eigenvalue weighted by molar-refractivity contribution is 7.89. The summed E-state index contributed by atoms with van der Waals surface area (Å²) in [6.45, 7) is 0.954. The second kappa shape index (κ2) is 13.0. The van der Waals surface area contributed by atoms with Crippen LogP contribution in [-0.4, -0.2) is 40.7 Å². The number of rotatable bonds is 9. The molecule has 5 aromatic rings. The Kier molecular flexibility index (Phi) is 8.50. The minimum absolute atomic E-state index is 0.0856. The summed E-state index contributed by atoms with van der Waals surface area (Å²) in [4.78, 5) is 20.9. The first kappa shape index (κ1) is 28.2. The Morgan fingerprint density at radius 3 is 2.26 bits per heavy atom. The van der Waals surface area contributed by atoms with Gasteiger partial charge in [-0.3, -0.25) is 10.3 Å². The Balaban J connectivity index is 1.22. The van der Waals surface area contributed by atoms with E-state index >= 15 is 0 Å². The molecule has 6 rings (SSSR count). The van der Waals surface area contributed by atoms with Crippen molar-refractivity contribution >= 4 is 28.9 Å². The molecule has 0 bridgehead atoms. The van der Waals surface area contributed by atoms with Gasteiger partial charge in [-0.05, 0) is 29.3 Å². The number of aromatic amines is 1. The first-order chi connectivity index (χ1) is 21.0. The Morgan fingerprint density at radius 1 is 0.930 bits per heavy atom. The Labute approximate surface area is 252 Å². The van der Waals surface area contributed by atoms with Crippen molar-refractivity contribution in [1.29, 1.82) is 0 Å². The number of hydrogen-bond acceptors (Lipinski definition) is 6. The van der Waals surface area contributed by atoms with Crippen molar-refractivity contribution in [2.75, 3.05) is 5.32 Å². The van der Waals surface area contributed by atoms with E-state index in [1.54, 1.807) is 42.7 Å². The van der Waals surface area contributed by atoms with Crippen molar-refractivity contribution in [3.63, 3.8) is 0 Å². The van der Waals surface area contributed by atoms with E-state index in [1.165, 1.54) is 5.01 Å². The molecule has 10 heteroatoms. The molecule has 0 aliphatic carbocycles. The fourth-order valence-electron chi connectivity index (χ4n) is 5.03. The number of hydrogen-bond donors (Lipinski definition) is 3. The number of aromatic nitrogens is 2. The molecule has 0 saturated heterocycles. The Morgan fingerprint density at radius 2 is 1.60 bits per heavy atom. The van der Waals surface area contributed by atoms with E-state index in [4.69, 9.17) is 0 Å². The number of nitrogens with one attached hydrogen (secondary N) is 2. The molecular formula is C33H30N6O3S. The molecular weight excluding hydrogens is 560 g/mol. The van der Waals surface area contributed by atoms with Crippen molar-refractivity contribution in [3.8, 4) is 5.75 Å². The highest BCUT2D eigenvalue weighted by atomic mass is 32.2. The molecule has 2 unspecified atom stereocenters. The predicted molar refractivity (Wildman–Crippen MR) is 166 cm³/mol. The summed E-state index contributed by atoms with van der Waals surface area (Å²) in [6.07, 6.45) is 3.79. The number of aromatic hydroxyl groups is 1. The van der Waals surface area contributed by atoms with Gasteiger partial charge < -0.3 is 14.6 Å². The lowest BCUT2D eigenvalue weighted by Crippen LogP contribution is -2.32. The van der Waals surface area contributed by atoms with Gasteiger partial charge in [-0.25, -0.2) is 9.80 Å². The van der Waals surface area contributed by atoms with Crippen molar-refractivity contribution in [3.05, 3.63) is 144 Å². The van der Waals surface area contributed by atoms with E-state index in [0.29, 0.717) is 41.6 Å². The number of carbonyl (C=O) groups is 1. The molecule has 2 amide bonds. The Bertz CT molecular complexity index is 1660. The first-order valence-electron chi connectivity index (χ1n) is 13.8. The van der Waals surface area contributed by atoms with E-state index in [2.05, 4.69) is 20.4 Å². The quantitative estimate of drug-likeness (QED) is 0.176. The lowest BCUT2D eigenvalue weighted by atomic mass is 9.98. The van der Waals surface area contributed by atoms with Crippen molar-refractivity contribution < 1.29 is 14.5 Å². The second-order valence-corrected chi connectivity index (χ2v) is 11.6. The van der Waals surface area contributed by atoms with Gasteiger partial charge >= 0.3 is 6.03 Å². The van der Waals surface area contributed by atoms with Gasteiger partial charge in [0.05, 0.1) is 36.2 Å². The van der Waals surface area contributed by atoms with Gasteiger partial charge in [0.1, 0.15) is 11.6 Å². The number of carbonyl (C=O) groups excluding carboxylic acids is 1. The second-order valence-electron chi connectivity index (χ2n) is 10.1. The molecule has 0 radical (unpaired) electrons. The van der Waals surface area contributed by atoms with Gasteiger partial charge in [-0.1, -0.05) is 84.9 Å². The standard InChI is InChI=1S/C33H30N6O3S/c40-30-16-8-7-15-27(30)29-20-28(26-14-9-19-34-21-26)37-39(29)33(41)36-31-17-18-32(35-31)43(42)38(22-24-10-3-1-4-11-24)23-25-12-5-2-6-13-25/h1-19,21,29,35,40H,20,22-23H2,(H,36,41). The molecule has 0 spiro atoms. The number of nitrogens with zero attached hydrogens (tertiary/aromatic N) is 4. The van der Waals surface area contributed by atoms with Crippen LogP contribution >= 0.6 is 0 Å². The minimum atomic E-state index is -1.54. The summed E-state index contributed by atoms with van der Waals surface area (Å²) in [5.41, 5.74) is 4.15. The summed E-state index contributed by atoms with van der Waals surface area (Å²) >= 11 is -1.54.